The molecule has 0 fully saturated rings. The van der Waals surface area contributed by atoms with Gasteiger partial charge in [0.2, 0.25) is 0 Å². The molecule has 5 heteroatoms. The van der Waals surface area contributed by atoms with Crippen molar-refractivity contribution in [2.24, 2.45) is 5.41 Å². The molecular formula is C23H44O5. The molecule has 166 valence electrons. The van der Waals surface area contributed by atoms with Gasteiger partial charge in [-0.05, 0) is 19.3 Å². The van der Waals surface area contributed by atoms with E-state index < -0.39 is 30.1 Å². The first-order valence-corrected chi connectivity index (χ1v) is 11.5. The second-order valence-electron chi connectivity index (χ2n) is 8.12. The van der Waals surface area contributed by atoms with Crippen LogP contribution >= 0.6 is 0 Å². The van der Waals surface area contributed by atoms with Crippen LogP contribution in [0.5, 0.6) is 0 Å². The van der Waals surface area contributed by atoms with Crippen LogP contribution in [-0.2, 0) is 14.3 Å². The zero-order chi connectivity index (χ0) is 21.3. The Hall–Kier alpha value is -0.940. The highest BCUT2D eigenvalue weighted by molar-refractivity contribution is 5.90. The standard InChI is InChI=1S/C23H44O5/c1-4-7-10-11-12-13-14-15-18-23(16-8-5-2,17-9-6-3)22(27)28-21(26)20(25)19-24/h20,24-25H,4-19H2,1-3H3. The van der Waals surface area contributed by atoms with E-state index in [1.54, 1.807) is 0 Å². The van der Waals surface area contributed by atoms with Crippen molar-refractivity contribution in [1.29, 1.82) is 0 Å². The molecule has 1 unspecified atom stereocenters. The molecule has 0 heterocycles. The Labute approximate surface area is 172 Å². The van der Waals surface area contributed by atoms with Gasteiger partial charge in [-0.3, -0.25) is 4.79 Å². The van der Waals surface area contributed by atoms with Crippen LogP contribution in [0.25, 0.3) is 0 Å². The summed E-state index contributed by atoms with van der Waals surface area (Å²) < 4.78 is 5.00. The lowest BCUT2D eigenvalue weighted by Crippen LogP contribution is -2.38. The van der Waals surface area contributed by atoms with Gasteiger partial charge >= 0.3 is 11.9 Å². The summed E-state index contributed by atoms with van der Waals surface area (Å²) >= 11 is 0. The molecule has 0 aromatic heterocycles. The summed E-state index contributed by atoms with van der Waals surface area (Å²) in [4.78, 5) is 24.7. The fourth-order valence-corrected chi connectivity index (χ4v) is 3.65. The molecule has 0 amide bonds. The molecule has 0 bridgehead atoms. The van der Waals surface area contributed by atoms with Gasteiger partial charge in [0.05, 0.1) is 12.0 Å². The first-order chi connectivity index (χ1) is 13.5. The van der Waals surface area contributed by atoms with E-state index in [0.29, 0.717) is 12.8 Å². The molecule has 0 radical (unpaired) electrons. The van der Waals surface area contributed by atoms with E-state index in [9.17, 15) is 14.7 Å². The van der Waals surface area contributed by atoms with Crippen molar-refractivity contribution in [3.8, 4) is 0 Å². The van der Waals surface area contributed by atoms with Crippen molar-refractivity contribution in [1.82, 2.24) is 0 Å². The van der Waals surface area contributed by atoms with Gasteiger partial charge in [0.1, 0.15) is 0 Å². The van der Waals surface area contributed by atoms with Gasteiger partial charge in [-0.1, -0.05) is 97.8 Å². The SMILES string of the molecule is CCCCCCCCCCC(CCCC)(CCCC)C(=O)OC(=O)C(O)CO. The van der Waals surface area contributed by atoms with Crippen LogP contribution < -0.4 is 0 Å². The second-order valence-corrected chi connectivity index (χ2v) is 8.12. The maximum absolute atomic E-state index is 12.9. The van der Waals surface area contributed by atoms with Gasteiger partial charge in [0.15, 0.2) is 6.10 Å². The zero-order valence-electron chi connectivity index (χ0n) is 18.5. The summed E-state index contributed by atoms with van der Waals surface area (Å²) in [7, 11) is 0. The Bertz CT molecular complexity index is 400. The number of hydrogen-bond acceptors (Lipinski definition) is 5. The summed E-state index contributed by atoms with van der Waals surface area (Å²) in [5, 5.41) is 18.4. The minimum atomic E-state index is -1.65. The number of esters is 2. The summed E-state index contributed by atoms with van der Waals surface area (Å²) in [6.07, 6.45) is 13.9. The first kappa shape index (κ1) is 27.1. The van der Waals surface area contributed by atoms with Crippen molar-refractivity contribution in [2.45, 2.75) is 123 Å². The number of aliphatic hydroxyl groups is 2. The number of rotatable bonds is 18. The highest BCUT2D eigenvalue weighted by Crippen LogP contribution is 2.38. The van der Waals surface area contributed by atoms with Crippen molar-refractivity contribution < 1.29 is 24.5 Å². The Morgan fingerprint density at radius 2 is 1.18 bits per heavy atom. The summed E-state index contributed by atoms with van der Waals surface area (Å²) in [6.45, 7) is 5.66. The maximum atomic E-state index is 12.9. The number of carbonyl (C=O) groups is 2. The number of hydrogen-bond donors (Lipinski definition) is 2. The molecule has 0 aliphatic rings. The molecular weight excluding hydrogens is 356 g/mol. The van der Waals surface area contributed by atoms with Crippen LogP contribution in [0.1, 0.15) is 117 Å². The Balaban J connectivity index is 4.84. The highest BCUT2D eigenvalue weighted by atomic mass is 16.6. The molecule has 0 aliphatic carbocycles. The lowest BCUT2D eigenvalue weighted by Gasteiger charge is -2.31. The van der Waals surface area contributed by atoms with E-state index in [1.807, 2.05) is 0 Å². The predicted octanol–water partition coefficient (Wildman–Crippen LogP) is 5.31. The first-order valence-electron chi connectivity index (χ1n) is 11.5. The number of unbranched alkanes of at least 4 members (excludes halogenated alkanes) is 9. The van der Waals surface area contributed by atoms with Gasteiger partial charge in [-0.2, -0.15) is 0 Å². The third-order valence-electron chi connectivity index (χ3n) is 5.60. The predicted molar refractivity (Wildman–Crippen MR) is 113 cm³/mol. The number of carbonyl (C=O) groups excluding carboxylic acids is 2. The van der Waals surface area contributed by atoms with Gasteiger partial charge < -0.3 is 14.9 Å². The van der Waals surface area contributed by atoms with Gasteiger partial charge in [-0.15, -0.1) is 0 Å². The van der Waals surface area contributed by atoms with Crippen molar-refractivity contribution in [3.05, 3.63) is 0 Å². The van der Waals surface area contributed by atoms with E-state index in [4.69, 9.17) is 9.84 Å². The number of aliphatic hydroxyl groups excluding tert-OH is 2. The monoisotopic (exact) mass is 400 g/mol. The molecule has 0 rings (SSSR count). The van der Waals surface area contributed by atoms with E-state index in [1.165, 1.54) is 38.5 Å². The third-order valence-corrected chi connectivity index (χ3v) is 5.60. The van der Waals surface area contributed by atoms with Crippen molar-refractivity contribution in [2.75, 3.05) is 6.61 Å². The van der Waals surface area contributed by atoms with E-state index >= 15 is 0 Å². The molecule has 0 aromatic carbocycles. The quantitative estimate of drug-likeness (QED) is 0.185. The van der Waals surface area contributed by atoms with E-state index in [2.05, 4.69) is 20.8 Å². The molecule has 5 nitrogen and oxygen atoms in total. The Kier molecular flexibility index (Phi) is 16.4. The number of ether oxygens (including phenoxy) is 1. The normalized spacial score (nSPS) is 12.8. The van der Waals surface area contributed by atoms with E-state index in [-0.39, 0.29) is 0 Å². The fourth-order valence-electron chi connectivity index (χ4n) is 3.65. The second kappa shape index (κ2) is 17.0. The van der Waals surface area contributed by atoms with Gasteiger partial charge in [0, 0.05) is 0 Å². The molecule has 1 atom stereocenters. The molecule has 2 N–H and O–H groups in total. The fraction of sp³-hybridized carbons (Fsp3) is 0.913. The smallest absolute Gasteiger partial charge is 0.345 e. The van der Waals surface area contributed by atoms with E-state index in [0.717, 1.165) is 44.9 Å². The molecule has 0 aromatic rings. The Morgan fingerprint density at radius 3 is 1.64 bits per heavy atom. The minimum absolute atomic E-state index is 0.519. The Morgan fingerprint density at radius 1 is 0.750 bits per heavy atom. The zero-order valence-corrected chi connectivity index (χ0v) is 18.5. The summed E-state index contributed by atoms with van der Waals surface area (Å²) in [6, 6.07) is 0. The maximum Gasteiger partial charge on any atom is 0.345 e. The van der Waals surface area contributed by atoms with Crippen molar-refractivity contribution >= 4 is 11.9 Å². The molecule has 0 aliphatic heterocycles. The van der Waals surface area contributed by atoms with Crippen LogP contribution in [0.15, 0.2) is 0 Å². The van der Waals surface area contributed by atoms with Crippen molar-refractivity contribution in [3.63, 3.8) is 0 Å². The average Bonchev–Trinajstić information content (AvgIpc) is 2.70. The third kappa shape index (κ3) is 11.2. The summed E-state index contributed by atoms with van der Waals surface area (Å²) in [5.74, 6) is -1.56. The van der Waals surface area contributed by atoms with Gasteiger partial charge in [0.25, 0.3) is 0 Å². The molecule has 28 heavy (non-hydrogen) atoms. The summed E-state index contributed by atoms with van der Waals surface area (Å²) in [5.41, 5.74) is -0.654. The van der Waals surface area contributed by atoms with Crippen LogP contribution in [0.4, 0.5) is 0 Å². The van der Waals surface area contributed by atoms with Crippen LogP contribution in [0.3, 0.4) is 0 Å². The lowest BCUT2D eigenvalue weighted by atomic mass is 9.74. The molecule has 0 saturated heterocycles. The molecule has 0 spiro atoms. The largest absolute Gasteiger partial charge is 0.393 e. The molecule has 0 saturated carbocycles. The van der Waals surface area contributed by atoms with Gasteiger partial charge in [-0.25, -0.2) is 4.79 Å². The van der Waals surface area contributed by atoms with Crippen LogP contribution in [0.2, 0.25) is 0 Å². The lowest BCUT2D eigenvalue weighted by molar-refractivity contribution is -0.175. The minimum Gasteiger partial charge on any atom is -0.393 e. The topological polar surface area (TPSA) is 83.8 Å². The van der Waals surface area contributed by atoms with Crippen LogP contribution in [0, 0.1) is 5.41 Å². The van der Waals surface area contributed by atoms with Crippen LogP contribution in [-0.4, -0.2) is 34.9 Å². The highest BCUT2D eigenvalue weighted by Gasteiger charge is 2.40. The average molecular weight is 401 g/mol.